The molecule has 0 atom stereocenters. The smallest absolute Gasteiger partial charge is 0.387 e. The van der Waals surface area contributed by atoms with Gasteiger partial charge in [0.2, 0.25) is 0 Å². The number of carbonyl (C=O) groups is 1. The molecule has 0 bridgehead atoms. The van der Waals surface area contributed by atoms with Crippen LogP contribution in [0, 0.1) is 0 Å². The number of hydrogen-bond acceptors (Lipinski definition) is 3. The number of ketones is 1. The molecular formula is C19H18F2O3. The van der Waals surface area contributed by atoms with Gasteiger partial charge in [-0.1, -0.05) is 18.2 Å². The molecule has 0 unspecified atom stereocenters. The van der Waals surface area contributed by atoms with Gasteiger partial charge in [-0.15, -0.1) is 0 Å². The first kappa shape index (κ1) is 17.7. The van der Waals surface area contributed by atoms with Crippen molar-refractivity contribution in [3.05, 3.63) is 65.7 Å². The third kappa shape index (κ3) is 5.50. The van der Waals surface area contributed by atoms with Crippen LogP contribution in [0.1, 0.15) is 29.8 Å². The number of alkyl halides is 2. The Hall–Kier alpha value is -2.69. The number of hydrogen-bond donors (Lipinski definition) is 0. The summed E-state index contributed by atoms with van der Waals surface area (Å²) in [5, 5.41) is 0. The highest BCUT2D eigenvalue weighted by Crippen LogP contribution is 2.17. The van der Waals surface area contributed by atoms with Gasteiger partial charge < -0.3 is 9.47 Å². The topological polar surface area (TPSA) is 35.5 Å². The summed E-state index contributed by atoms with van der Waals surface area (Å²) in [5.41, 5.74) is 1.25. The van der Waals surface area contributed by atoms with Crippen molar-refractivity contribution in [2.24, 2.45) is 0 Å². The van der Waals surface area contributed by atoms with Crippen molar-refractivity contribution in [1.29, 1.82) is 0 Å². The summed E-state index contributed by atoms with van der Waals surface area (Å²) in [7, 11) is 0. The molecule has 0 spiro atoms. The Bertz CT molecular complexity index is 690. The summed E-state index contributed by atoms with van der Waals surface area (Å²) in [6.07, 6.45) is 3.22. The van der Waals surface area contributed by atoms with Gasteiger partial charge in [-0.2, -0.15) is 8.78 Å². The second-order valence-electron chi connectivity index (χ2n) is 5.34. The number of carbonyl (C=O) groups excluding carboxylic acids is 1. The standard InChI is InChI=1S/C19H18F2O3/c1-13(2)23-16-8-3-14(4-9-16)5-12-18(22)15-6-10-17(11-7-15)24-19(20)21/h3-13,19H,1-2H3/b12-5+. The molecule has 2 rings (SSSR count). The Morgan fingerprint density at radius 2 is 1.46 bits per heavy atom. The molecule has 0 aliphatic heterocycles. The number of allylic oxidation sites excluding steroid dienone is 1. The fraction of sp³-hybridized carbons (Fsp3) is 0.211. The van der Waals surface area contributed by atoms with Crippen molar-refractivity contribution in [3.63, 3.8) is 0 Å². The Morgan fingerprint density at radius 3 is 2.00 bits per heavy atom. The fourth-order valence-electron chi connectivity index (χ4n) is 2.00. The fourth-order valence-corrected chi connectivity index (χ4v) is 2.00. The van der Waals surface area contributed by atoms with Crippen LogP contribution in [0.5, 0.6) is 11.5 Å². The molecule has 0 radical (unpaired) electrons. The van der Waals surface area contributed by atoms with Crippen molar-refractivity contribution in [2.75, 3.05) is 0 Å². The molecule has 126 valence electrons. The third-order valence-corrected chi connectivity index (χ3v) is 3.04. The van der Waals surface area contributed by atoms with Crippen LogP contribution in [0.25, 0.3) is 6.08 Å². The lowest BCUT2D eigenvalue weighted by Crippen LogP contribution is -2.05. The molecule has 0 heterocycles. The second kappa shape index (κ2) is 8.24. The highest BCUT2D eigenvalue weighted by Gasteiger charge is 2.06. The highest BCUT2D eigenvalue weighted by molar-refractivity contribution is 6.06. The quantitative estimate of drug-likeness (QED) is 0.530. The zero-order valence-corrected chi connectivity index (χ0v) is 13.4. The molecule has 3 nitrogen and oxygen atoms in total. The Labute approximate surface area is 139 Å². The van der Waals surface area contributed by atoms with Crippen LogP contribution >= 0.6 is 0 Å². The molecule has 0 aromatic heterocycles. The van der Waals surface area contributed by atoms with E-state index in [0.717, 1.165) is 11.3 Å². The van der Waals surface area contributed by atoms with Crippen molar-refractivity contribution < 1.29 is 23.0 Å². The molecule has 24 heavy (non-hydrogen) atoms. The maximum atomic E-state index is 12.1. The predicted octanol–water partition coefficient (Wildman–Crippen LogP) is 4.97. The van der Waals surface area contributed by atoms with Gasteiger partial charge >= 0.3 is 6.61 Å². The van der Waals surface area contributed by atoms with Gasteiger partial charge in [-0.25, -0.2) is 0 Å². The molecule has 0 saturated carbocycles. The van der Waals surface area contributed by atoms with Crippen LogP contribution in [-0.4, -0.2) is 18.5 Å². The molecule has 0 aliphatic rings. The van der Waals surface area contributed by atoms with Crippen molar-refractivity contribution >= 4 is 11.9 Å². The largest absolute Gasteiger partial charge is 0.491 e. The molecule has 0 aliphatic carbocycles. The lowest BCUT2D eigenvalue weighted by molar-refractivity contribution is -0.0498. The normalized spacial score (nSPS) is 11.2. The third-order valence-electron chi connectivity index (χ3n) is 3.04. The van der Waals surface area contributed by atoms with Crippen LogP contribution in [0.15, 0.2) is 54.6 Å². The molecular weight excluding hydrogens is 314 g/mol. The Balaban J connectivity index is 1.99. The Kier molecular flexibility index (Phi) is 6.07. The summed E-state index contributed by atoms with van der Waals surface area (Å²) in [6, 6.07) is 12.9. The lowest BCUT2D eigenvalue weighted by atomic mass is 10.1. The summed E-state index contributed by atoms with van der Waals surface area (Å²) >= 11 is 0. The molecule has 0 N–H and O–H groups in total. The molecule has 2 aromatic carbocycles. The minimum Gasteiger partial charge on any atom is -0.491 e. The first-order valence-electron chi connectivity index (χ1n) is 7.48. The van der Waals surface area contributed by atoms with E-state index in [0.29, 0.717) is 5.56 Å². The summed E-state index contributed by atoms with van der Waals surface area (Å²) < 4.78 is 33.9. The van der Waals surface area contributed by atoms with E-state index in [1.807, 2.05) is 38.1 Å². The average Bonchev–Trinajstić information content (AvgIpc) is 2.53. The van der Waals surface area contributed by atoms with Gasteiger partial charge in [0.05, 0.1) is 6.10 Å². The average molecular weight is 332 g/mol. The van der Waals surface area contributed by atoms with Crippen LogP contribution < -0.4 is 9.47 Å². The maximum absolute atomic E-state index is 12.1. The van der Waals surface area contributed by atoms with E-state index in [-0.39, 0.29) is 17.6 Å². The predicted molar refractivity (Wildman–Crippen MR) is 88.6 cm³/mol. The van der Waals surface area contributed by atoms with Crippen molar-refractivity contribution in [1.82, 2.24) is 0 Å². The van der Waals surface area contributed by atoms with Crippen molar-refractivity contribution in [3.8, 4) is 11.5 Å². The van der Waals surface area contributed by atoms with E-state index in [4.69, 9.17) is 4.74 Å². The van der Waals surface area contributed by atoms with Gasteiger partial charge in [0.1, 0.15) is 11.5 Å². The maximum Gasteiger partial charge on any atom is 0.387 e. The minimum atomic E-state index is -2.88. The Morgan fingerprint density at radius 1 is 0.917 bits per heavy atom. The lowest BCUT2D eigenvalue weighted by Gasteiger charge is -2.09. The van der Waals surface area contributed by atoms with Crippen LogP contribution in [0.3, 0.4) is 0 Å². The van der Waals surface area contributed by atoms with E-state index in [2.05, 4.69) is 4.74 Å². The second-order valence-corrected chi connectivity index (χ2v) is 5.34. The summed E-state index contributed by atoms with van der Waals surface area (Å²) in [5.74, 6) is 0.565. The highest BCUT2D eigenvalue weighted by atomic mass is 19.3. The van der Waals surface area contributed by atoms with Crippen LogP contribution in [-0.2, 0) is 0 Å². The van der Waals surface area contributed by atoms with Crippen molar-refractivity contribution in [2.45, 2.75) is 26.6 Å². The molecule has 0 saturated heterocycles. The number of rotatable bonds is 7. The summed E-state index contributed by atoms with van der Waals surface area (Å²) in [4.78, 5) is 12.1. The summed E-state index contributed by atoms with van der Waals surface area (Å²) in [6.45, 7) is 1.02. The molecule has 5 heteroatoms. The van der Waals surface area contributed by atoms with E-state index in [1.165, 1.54) is 30.3 Å². The number of ether oxygens (including phenoxy) is 2. The minimum absolute atomic E-state index is 0.0197. The monoisotopic (exact) mass is 332 g/mol. The molecule has 0 amide bonds. The van der Waals surface area contributed by atoms with Crippen LogP contribution in [0.4, 0.5) is 8.78 Å². The van der Waals surface area contributed by atoms with E-state index in [9.17, 15) is 13.6 Å². The van der Waals surface area contributed by atoms with Gasteiger partial charge in [0.25, 0.3) is 0 Å². The zero-order chi connectivity index (χ0) is 17.5. The first-order valence-corrected chi connectivity index (χ1v) is 7.48. The number of halogens is 2. The van der Waals surface area contributed by atoms with E-state index in [1.54, 1.807) is 6.08 Å². The van der Waals surface area contributed by atoms with Crippen LogP contribution in [0.2, 0.25) is 0 Å². The van der Waals surface area contributed by atoms with E-state index < -0.39 is 6.61 Å². The van der Waals surface area contributed by atoms with E-state index >= 15 is 0 Å². The molecule has 0 fully saturated rings. The van der Waals surface area contributed by atoms with Gasteiger partial charge in [-0.05, 0) is 61.9 Å². The van der Waals surface area contributed by atoms with Gasteiger partial charge in [0.15, 0.2) is 5.78 Å². The zero-order valence-electron chi connectivity index (χ0n) is 13.4. The first-order chi connectivity index (χ1) is 11.4. The SMILES string of the molecule is CC(C)Oc1ccc(/C=C/C(=O)c2ccc(OC(F)F)cc2)cc1. The van der Waals surface area contributed by atoms with Gasteiger partial charge in [-0.3, -0.25) is 4.79 Å². The number of benzene rings is 2. The van der Waals surface area contributed by atoms with Gasteiger partial charge in [0, 0.05) is 5.56 Å². The molecule has 2 aromatic rings.